The summed E-state index contributed by atoms with van der Waals surface area (Å²) in [6.07, 6.45) is -3.60. The molecule has 5 rings (SSSR count). The van der Waals surface area contributed by atoms with E-state index in [1.54, 1.807) is 13.0 Å². The number of benzene rings is 2. The van der Waals surface area contributed by atoms with E-state index in [1.165, 1.54) is 30.3 Å². The standard InChI is InChI=1S/C25H20F4N2O4/c1-23-7-8-24(35-23,9-10-34-17-4-2-3-15(26)11-17)20-19(23)21(32)31(22(20)33)16-6-5-14(13-30)18(12-16)25(27,28)29/h2-6,11-12,19-20H,7-10H2,1H3/t19-,20+,23-,24-/m1/s1. The minimum Gasteiger partial charge on any atom is -0.493 e. The summed E-state index contributed by atoms with van der Waals surface area (Å²) in [5, 5.41) is 9.05. The van der Waals surface area contributed by atoms with E-state index in [-0.39, 0.29) is 18.7 Å². The third kappa shape index (κ3) is 3.57. The first-order valence-electron chi connectivity index (χ1n) is 11.1. The van der Waals surface area contributed by atoms with Crippen LogP contribution in [-0.2, 0) is 20.5 Å². The molecule has 0 spiro atoms. The number of halogens is 4. The van der Waals surface area contributed by atoms with E-state index in [4.69, 9.17) is 14.7 Å². The quantitative estimate of drug-likeness (QED) is 0.454. The maximum absolute atomic E-state index is 13.5. The zero-order valence-corrected chi connectivity index (χ0v) is 18.6. The normalized spacial score (nSPS) is 29.4. The van der Waals surface area contributed by atoms with Crippen molar-refractivity contribution in [3.8, 4) is 11.8 Å². The second kappa shape index (κ2) is 7.78. The van der Waals surface area contributed by atoms with Crippen molar-refractivity contribution in [2.24, 2.45) is 11.8 Å². The van der Waals surface area contributed by atoms with Crippen LogP contribution in [0, 0.1) is 29.0 Å². The highest BCUT2D eigenvalue weighted by Gasteiger charge is 2.73. The Morgan fingerprint density at radius 3 is 2.57 bits per heavy atom. The van der Waals surface area contributed by atoms with Crippen LogP contribution in [0.5, 0.6) is 5.75 Å². The van der Waals surface area contributed by atoms with Crippen molar-refractivity contribution in [3.05, 3.63) is 59.4 Å². The van der Waals surface area contributed by atoms with Gasteiger partial charge < -0.3 is 9.47 Å². The number of anilines is 1. The van der Waals surface area contributed by atoms with E-state index in [9.17, 15) is 27.2 Å². The number of nitriles is 1. The fourth-order valence-corrected chi connectivity index (χ4v) is 5.77. The molecule has 2 bridgehead atoms. The number of amides is 2. The molecule has 35 heavy (non-hydrogen) atoms. The number of fused-ring (bicyclic) bond motifs is 5. The number of hydrogen-bond acceptors (Lipinski definition) is 5. The molecule has 0 saturated carbocycles. The van der Waals surface area contributed by atoms with Crippen molar-refractivity contribution in [1.82, 2.24) is 0 Å². The minimum atomic E-state index is -4.83. The van der Waals surface area contributed by atoms with E-state index in [2.05, 4.69) is 0 Å². The molecule has 3 aliphatic heterocycles. The Bertz CT molecular complexity index is 1270. The molecule has 2 aromatic carbocycles. The zero-order chi connectivity index (χ0) is 25.2. The summed E-state index contributed by atoms with van der Waals surface area (Å²) in [4.78, 5) is 27.7. The summed E-state index contributed by atoms with van der Waals surface area (Å²) in [6.45, 7) is 1.83. The minimum absolute atomic E-state index is 0.0965. The van der Waals surface area contributed by atoms with Crippen LogP contribution in [0.4, 0.5) is 23.2 Å². The molecule has 0 aliphatic carbocycles. The third-order valence-electron chi connectivity index (χ3n) is 7.29. The van der Waals surface area contributed by atoms with Crippen LogP contribution in [0.3, 0.4) is 0 Å². The van der Waals surface area contributed by atoms with Crippen LogP contribution in [-0.4, -0.2) is 29.6 Å². The molecule has 182 valence electrons. The Kier molecular flexibility index (Phi) is 5.18. The maximum atomic E-state index is 13.5. The van der Waals surface area contributed by atoms with E-state index in [0.29, 0.717) is 24.7 Å². The first-order valence-corrected chi connectivity index (χ1v) is 11.1. The lowest BCUT2D eigenvalue weighted by molar-refractivity contribution is -0.138. The summed E-state index contributed by atoms with van der Waals surface area (Å²) in [7, 11) is 0. The van der Waals surface area contributed by atoms with Gasteiger partial charge in [-0.2, -0.15) is 18.4 Å². The predicted octanol–water partition coefficient (Wildman–Crippen LogP) is 4.61. The summed E-state index contributed by atoms with van der Waals surface area (Å²) >= 11 is 0. The first-order chi connectivity index (χ1) is 16.5. The number of ether oxygens (including phenoxy) is 2. The van der Waals surface area contributed by atoms with Crippen LogP contribution in [0.25, 0.3) is 0 Å². The van der Waals surface area contributed by atoms with Crippen molar-refractivity contribution >= 4 is 17.5 Å². The molecule has 2 aromatic rings. The molecule has 3 heterocycles. The average molecular weight is 488 g/mol. The Hall–Kier alpha value is -3.45. The summed E-state index contributed by atoms with van der Waals surface area (Å²) in [6, 6.07) is 9.90. The van der Waals surface area contributed by atoms with Crippen molar-refractivity contribution in [1.29, 1.82) is 5.26 Å². The van der Waals surface area contributed by atoms with Crippen LogP contribution < -0.4 is 9.64 Å². The van der Waals surface area contributed by atoms with Gasteiger partial charge in [0.05, 0.1) is 52.5 Å². The summed E-state index contributed by atoms with van der Waals surface area (Å²) in [5.74, 6) is -3.12. The van der Waals surface area contributed by atoms with Gasteiger partial charge in [0.15, 0.2) is 0 Å². The van der Waals surface area contributed by atoms with Gasteiger partial charge in [0, 0.05) is 12.5 Å². The zero-order valence-electron chi connectivity index (χ0n) is 18.6. The monoisotopic (exact) mass is 488 g/mol. The SMILES string of the molecule is C[C@]12CC[C@](CCOc3cccc(F)c3)(O1)[C@@H]1C(=O)N(c3ccc(C#N)c(C(F)(F)F)c3)C(=O)[C@@H]12. The van der Waals surface area contributed by atoms with E-state index < -0.39 is 58.0 Å². The number of rotatable bonds is 5. The van der Waals surface area contributed by atoms with E-state index in [1.807, 2.05) is 0 Å². The molecule has 0 unspecified atom stereocenters. The van der Waals surface area contributed by atoms with E-state index in [0.717, 1.165) is 11.0 Å². The van der Waals surface area contributed by atoms with Crippen molar-refractivity contribution in [2.75, 3.05) is 11.5 Å². The fourth-order valence-electron chi connectivity index (χ4n) is 5.77. The number of hydrogen-bond donors (Lipinski definition) is 0. The Labute approximate surface area is 198 Å². The van der Waals surface area contributed by atoms with Gasteiger partial charge in [0.1, 0.15) is 11.6 Å². The fraction of sp³-hybridized carbons (Fsp3) is 0.400. The molecule has 3 saturated heterocycles. The molecule has 2 amide bonds. The lowest BCUT2D eigenvalue weighted by Crippen LogP contribution is -2.43. The van der Waals surface area contributed by atoms with Crippen molar-refractivity contribution in [3.63, 3.8) is 0 Å². The molecule has 0 radical (unpaired) electrons. The summed E-state index contributed by atoms with van der Waals surface area (Å²) < 4.78 is 65.8. The van der Waals surface area contributed by atoms with Crippen LogP contribution >= 0.6 is 0 Å². The van der Waals surface area contributed by atoms with Crippen LogP contribution in [0.2, 0.25) is 0 Å². The number of nitrogens with zero attached hydrogens (tertiary/aromatic N) is 2. The van der Waals surface area contributed by atoms with Gasteiger partial charge in [-0.3, -0.25) is 9.59 Å². The molecule has 3 aliphatic rings. The largest absolute Gasteiger partial charge is 0.493 e. The average Bonchev–Trinajstić information content (AvgIpc) is 3.37. The van der Waals surface area contributed by atoms with Crippen molar-refractivity contribution < 1.29 is 36.6 Å². The first kappa shape index (κ1) is 23.3. The Morgan fingerprint density at radius 2 is 1.89 bits per heavy atom. The highest BCUT2D eigenvalue weighted by atomic mass is 19.4. The molecule has 3 fully saturated rings. The van der Waals surface area contributed by atoms with E-state index >= 15 is 0 Å². The lowest BCUT2D eigenvalue weighted by Gasteiger charge is -2.31. The molecule has 0 N–H and O–H groups in total. The van der Waals surface area contributed by atoms with Crippen molar-refractivity contribution in [2.45, 2.75) is 43.6 Å². The molecular weight excluding hydrogens is 468 g/mol. The highest BCUT2D eigenvalue weighted by molar-refractivity contribution is 6.23. The van der Waals surface area contributed by atoms with Gasteiger partial charge in [-0.05, 0) is 50.1 Å². The van der Waals surface area contributed by atoms with Gasteiger partial charge in [-0.25, -0.2) is 9.29 Å². The highest BCUT2D eigenvalue weighted by Crippen LogP contribution is 2.62. The number of carbonyl (C=O) groups excluding carboxylic acids is 2. The third-order valence-corrected chi connectivity index (χ3v) is 7.29. The topological polar surface area (TPSA) is 79.6 Å². The van der Waals surface area contributed by atoms with Gasteiger partial charge in [-0.1, -0.05) is 6.07 Å². The second-order valence-electron chi connectivity index (χ2n) is 9.34. The van der Waals surface area contributed by atoms with Crippen LogP contribution in [0.15, 0.2) is 42.5 Å². The number of carbonyl (C=O) groups is 2. The molecule has 6 nitrogen and oxygen atoms in total. The maximum Gasteiger partial charge on any atom is 0.417 e. The lowest BCUT2D eigenvalue weighted by atomic mass is 9.67. The number of imide groups is 1. The van der Waals surface area contributed by atoms with Crippen LogP contribution in [0.1, 0.15) is 37.3 Å². The van der Waals surface area contributed by atoms with Gasteiger partial charge in [-0.15, -0.1) is 0 Å². The molecule has 0 aromatic heterocycles. The summed E-state index contributed by atoms with van der Waals surface area (Å²) in [5.41, 5.74) is -3.99. The number of alkyl halides is 3. The smallest absolute Gasteiger partial charge is 0.417 e. The van der Waals surface area contributed by atoms with Gasteiger partial charge in [0.25, 0.3) is 0 Å². The Morgan fingerprint density at radius 1 is 1.14 bits per heavy atom. The Balaban J connectivity index is 1.44. The molecular formula is C25H20F4N2O4. The molecule has 4 atom stereocenters. The predicted molar refractivity (Wildman–Crippen MR) is 114 cm³/mol. The molecule has 10 heteroatoms. The second-order valence-corrected chi connectivity index (χ2v) is 9.34. The van der Waals surface area contributed by atoms with Gasteiger partial charge >= 0.3 is 6.18 Å². The van der Waals surface area contributed by atoms with Gasteiger partial charge in [0.2, 0.25) is 11.8 Å².